The van der Waals surface area contributed by atoms with Crippen molar-refractivity contribution in [2.75, 3.05) is 0 Å². The average Bonchev–Trinajstić information content (AvgIpc) is 2.46. The highest BCUT2D eigenvalue weighted by atomic mass is 16.5. The van der Waals surface area contributed by atoms with Gasteiger partial charge in [-0.15, -0.1) is 0 Å². The molecule has 0 aliphatic rings. The Morgan fingerprint density at radius 2 is 1.83 bits per heavy atom. The Morgan fingerprint density at radius 1 is 1.06 bits per heavy atom. The van der Waals surface area contributed by atoms with Crippen LogP contribution in [0.5, 0.6) is 5.75 Å². The van der Waals surface area contributed by atoms with Crippen LogP contribution in [0, 0.1) is 0 Å². The molecule has 2 heteroatoms. The first-order valence-corrected chi connectivity index (χ1v) is 5.73. The first kappa shape index (κ1) is 12.1. The van der Waals surface area contributed by atoms with E-state index in [2.05, 4.69) is 6.58 Å². The third-order valence-corrected chi connectivity index (χ3v) is 2.60. The van der Waals surface area contributed by atoms with Crippen LogP contribution in [-0.4, -0.2) is 6.29 Å². The van der Waals surface area contributed by atoms with Gasteiger partial charge in [0.25, 0.3) is 0 Å². The fourth-order valence-corrected chi connectivity index (χ4v) is 1.70. The van der Waals surface area contributed by atoms with Crippen LogP contribution >= 0.6 is 0 Å². The molecule has 0 aliphatic carbocycles. The van der Waals surface area contributed by atoms with E-state index in [1.807, 2.05) is 36.4 Å². The van der Waals surface area contributed by atoms with E-state index in [0.29, 0.717) is 11.3 Å². The second-order valence-corrected chi connectivity index (χ2v) is 3.88. The van der Waals surface area contributed by atoms with Gasteiger partial charge in [0, 0.05) is 5.56 Å². The molecule has 0 heterocycles. The number of hydrogen-bond acceptors (Lipinski definition) is 2. The molecule has 2 aromatic rings. The van der Waals surface area contributed by atoms with E-state index in [1.54, 1.807) is 24.3 Å². The van der Waals surface area contributed by atoms with Crippen LogP contribution in [-0.2, 0) is 0 Å². The lowest BCUT2D eigenvalue weighted by molar-refractivity contribution is 0.112. The Bertz CT molecular complexity index is 532. The minimum Gasteiger partial charge on any atom is -0.482 e. The van der Waals surface area contributed by atoms with Crippen molar-refractivity contribution >= 4 is 6.29 Å². The van der Waals surface area contributed by atoms with Crippen molar-refractivity contribution in [3.8, 4) is 5.75 Å². The normalized spacial score (nSPS) is 11.6. The van der Waals surface area contributed by atoms with Crippen LogP contribution in [0.1, 0.15) is 22.0 Å². The van der Waals surface area contributed by atoms with Crippen LogP contribution in [0.15, 0.2) is 67.3 Å². The lowest BCUT2D eigenvalue weighted by Gasteiger charge is -2.16. The van der Waals surface area contributed by atoms with Gasteiger partial charge in [-0.3, -0.25) is 4.79 Å². The van der Waals surface area contributed by atoms with Crippen molar-refractivity contribution in [2.24, 2.45) is 0 Å². The summed E-state index contributed by atoms with van der Waals surface area (Å²) in [7, 11) is 0. The van der Waals surface area contributed by atoms with Crippen molar-refractivity contribution < 1.29 is 9.53 Å². The standard InChI is InChI=1S/C16H14O2/c1-2-16(14-8-4-3-5-9-14)18-15-10-6-7-13(11-15)12-17/h2-12,16H,1H2/t16-/m0/s1. The fraction of sp³-hybridized carbons (Fsp3) is 0.0625. The van der Waals surface area contributed by atoms with E-state index in [4.69, 9.17) is 4.74 Å². The maximum absolute atomic E-state index is 10.7. The molecule has 0 saturated carbocycles. The summed E-state index contributed by atoms with van der Waals surface area (Å²) in [5.41, 5.74) is 1.63. The summed E-state index contributed by atoms with van der Waals surface area (Å²) in [6.07, 6.45) is 2.33. The molecule has 0 aromatic heterocycles. The number of ether oxygens (including phenoxy) is 1. The third-order valence-electron chi connectivity index (χ3n) is 2.60. The maximum atomic E-state index is 10.7. The lowest BCUT2D eigenvalue weighted by atomic mass is 10.1. The van der Waals surface area contributed by atoms with Gasteiger partial charge in [0.1, 0.15) is 18.1 Å². The summed E-state index contributed by atoms with van der Waals surface area (Å²) < 4.78 is 5.82. The minimum atomic E-state index is -0.215. The molecule has 2 rings (SSSR count). The molecule has 0 amide bonds. The van der Waals surface area contributed by atoms with Crippen molar-refractivity contribution in [3.63, 3.8) is 0 Å². The van der Waals surface area contributed by atoms with Gasteiger partial charge in [0.15, 0.2) is 0 Å². The van der Waals surface area contributed by atoms with Crippen molar-refractivity contribution in [2.45, 2.75) is 6.10 Å². The van der Waals surface area contributed by atoms with E-state index in [1.165, 1.54) is 0 Å². The van der Waals surface area contributed by atoms with Crippen molar-refractivity contribution in [3.05, 3.63) is 78.4 Å². The predicted molar refractivity (Wildman–Crippen MR) is 71.8 cm³/mol. The summed E-state index contributed by atoms with van der Waals surface area (Å²) in [5.74, 6) is 0.661. The minimum absolute atomic E-state index is 0.215. The van der Waals surface area contributed by atoms with Gasteiger partial charge in [-0.05, 0) is 23.8 Å². The van der Waals surface area contributed by atoms with E-state index in [0.717, 1.165) is 11.8 Å². The predicted octanol–water partition coefficient (Wildman–Crippen LogP) is 3.81. The highest BCUT2D eigenvalue weighted by Crippen LogP contribution is 2.23. The molecule has 18 heavy (non-hydrogen) atoms. The average molecular weight is 238 g/mol. The van der Waals surface area contributed by atoms with Crippen LogP contribution in [0.2, 0.25) is 0 Å². The Morgan fingerprint density at radius 3 is 2.50 bits per heavy atom. The second-order valence-electron chi connectivity index (χ2n) is 3.88. The highest BCUT2D eigenvalue weighted by Gasteiger charge is 2.08. The van der Waals surface area contributed by atoms with Crippen LogP contribution in [0.4, 0.5) is 0 Å². The largest absolute Gasteiger partial charge is 0.482 e. The number of carbonyl (C=O) groups is 1. The number of rotatable bonds is 5. The molecule has 0 N–H and O–H groups in total. The summed E-state index contributed by atoms with van der Waals surface area (Å²) in [6, 6.07) is 16.9. The zero-order valence-electron chi connectivity index (χ0n) is 9.95. The molecule has 90 valence electrons. The first-order valence-electron chi connectivity index (χ1n) is 5.73. The van der Waals surface area contributed by atoms with Gasteiger partial charge in [-0.2, -0.15) is 0 Å². The summed E-state index contributed by atoms with van der Waals surface area (Å²) in [5, 5.41) is 0. The third kappa shape index (κ3) is 2.86. The van der Waals surface area contributed by atoms with Gasteiger partial charge < -0.3 is 4.74 Å². The van der Waals surface area contributed by atoms with Crippen LogP contribution in [0.25, 0.3) is 0 Å². The molecule has 0 unspecified atom stereocenters. The van der Waals surface area contributed by atoms with Gasteiger partial charge in [0.2, 0.25) is 0 Å². The number of carbonyl (C=O) groups excluding carboxylic acids is 1. The van der Waals surface area contributed by atoms with Gasteiger partial charge in [0.05, 0.1) is 0 Å². The number of hydrogen-bond donors (Lipinski definition) is 0. The van der Waals surface area contributed by atoms with Gasteiger partial charge in [-0.1, -0.05) is 49.0 Å². The molecule has 0 radical (unpaired) electrons. The molecule has 0 fully saturated rings. The lowest BCUT2D eigenvalue weighted by Crippen LogP contribution is -2.04. The number of aldehydes is 1. The topological polar surface area (TPSA) is 26.3 Å². The van der Waals surface area contributed by atoms with Gasteiger partial charge in [-0.25, -0.2) is 0 Å². The molecule has 1 atom stereocenters. The zero-order valence-corrected chi connectivity index (χ0v) is 9.95. The molecule has 0 spiro atoms. The molecule has 0 bridgehead atoms. The smallest absolute Gasteiger partial charge is 0.150 e. The van der Waals surface area contributed by atoms with E-state index in [9.17, 15) is 4.79 Å². The molecular weight excluding hydrogens is 224 g/mol. The quantitative estimate of drug-likeness (QED) is 0.585. The molecular formula is C16H14O2. The SMILES string of the molecule is C=C[C@H](Oc1cccc(C=O)c1)c1ccccc1. The first-order chi connectivity index (χ1) is 8.83. The monoisotopic (exact) mass is 238 g/mol. The Kier molecular flexibility index (Phi) is 3.92. The maximum Gasteiger partial charge on any atom is 0.150 e. The molecule has 2 aromatic carbocycles. The summed E-state index contributed by atoms with van der Waals surface area (Å²) >= 11 is 0. The second kappa shape index (κ2) is 5.82. The van der Waals surface area contributed by atoms with Crippen LogP contribution < -0.4 is 4.74 Å². The van der Waals surface area contributed by atoms with E-state index in [-0.39, 0.29) is 6.10 Å². The van der Waals surface area contributed by atoms with Crippen molar-refractivity contribution in [1.82, 2.24) is 0 Å². The van der Waals surface area contributed by atoms with Crippen LogP contribution in [0.3, 0.4) is 0 Å². The molecule has 2 nitrogen and oxygen atoms in total. The summed E-state index contributed by atoms with van der Waals surface area (Å²) in [6.45, 7) is 3.78. The fourth-order valence-electron chi connectivity index (χ4n) is 1.70. The summed E-state index contributed by atoms with van der Waals surface area (Å²) in [4.78, 5) is 10.7. The van der Waals surface area contributed by atoms with Crippen molar-refractivity contribution in [1.29, 1.82) is 0 Å². The highest BCUT2D eigenvalue weighted by molar-refractivity contribution is 5.75. The van der Waals surface area contributed by atoms with E-state index < -0.39 is 0 Å². The molecule has 0 aliphatic heterocycles. The Labute approximate surface area is 107 Å². The molecule has 0 saturated heterocycles. The number of benzene rings is 2. The Balaban J connectivity index is 2.20. The Hall–Kier alpha value is -2.35. The van der Waals surface area contributed by atoms with Gasteiger partial charge >= 0.3 is 0 Å². The van der Waals surface area contributed by atoms with E-state index >= 15 is 0 Å². The zero-order chi connectivity index (χ0) is 12.8.